The van der Waals surface area contributed by atoms with Gasteiger partial charge in [0.25, 0.3) is 5.91 Å². The standard InChI is InChI=1S/C21H22N4O3/c1-14-11-17(24-21(27)23-14)20(26)25-10-6-5-9-18(25)19-22-13-16(28-19)12-15-7-3-2-4-8-15/h2-4,7-8,11,13,18H,5-6,9-10,12H2,1H3,(H,23,24,27). The van der Waals surface area contributed by atoms with Gasteiger partial charge in [0.2, 0.25) is 5.89 Å². The summed E-state index contributed by atoms with van der Waals surface area (Å²) in [4.78, 5) is 37.3. The Morgan fingerprint density at radius 2 is 2.11 bits per heavy atom. The maximum Gasteiger partial charge on any atom is 0.345 e. The number of rotatable bonds is 4. The van der Waals surface area contributed by atoms with E-state index in [2.05, 4.69) is 15.0 Å². The van der Waals surface area contributed by atoms with Gasteiger partial charge >= 0.3 is 5.69 Å². The molecule has 4 rings (SSSR count). The minimum absolute atomic E-state index is 0.157. The highest BCUT2D eigenvalue weighted by Gasteiger charge is 2.32. The smallest absolute Gasteiger partial charge is 0.345 e. The lowest BCUT2D eigenvalue weighted by atomic mass is 10.0. The van der Waals surface area contributed by atoms with Crippen LogP contribution < -0.4 is 5.69 Å². The predicted molar refractivity (Wildman–Crippen MR) is 103 cm³/mol. The second-order valence-electron chi connectivity index (χ2n) is 7.09. The number of hydrogen-bond donors (Lipinski definition) is 1. The Kier molecular flexibility index (Phi) is 5.06. The first-order chi connectivity index (χ1) is 13.6. The van der Waals surface area contributed by atoms with Crippen molar-refractivity contribution in [2.75, 3.05) is 6.54 Å². The molecule has 3 heterocycles. The van der Waals surface area contributed by atoms with Gasteiger partial charge in [-0.15, -0.1) is 0 Å². The minimum atomic E-state index is -0.516. The van der Waals surface area contributed by atoms with Crippen molar-refractivity contribution in [3.63, 3.8) is 0 Å². The topological polar surface area (TPSA) is 92.1 Å². The Labute approximate surface area is 162 Å². The van der Waals surface area contributed by atoms with Crippen molar-refractivity contribution in [2.24, 2.45) is 0 Å². The van der Waals surface area contributed by atoms with Crippen LogP contribution in [-0.4, -0.2) is 32.3 Å². The summed E-state index contributed by atoms with van der Waals surface area (Å²) >= 11 is 0. The monoisotopic (exact) mass is 378 g/mol. The van der Waals surface area contributed by atoms with Crippen LogP contribution in [0.2, 0.25) is 0 Å². The zero-order valence-corrected chi connectivity index (χ0v) is 15.7. The molecule has 1 unspecified atom stereocenters. The van der Waals surface area contributed by atoms with E-state index < -0.39 is 5.69 Å². The van der Waals surface area contributed by atoms with Gasteiger partial charge in [-0.05, 0) is 37.8 Å². The normalized spacial score (nSPS) is 16.9. The fraction of sp³-hybridized carbons (Fsp3) is 0.333. The summed E-state index contributed by atoms with van der Waals surface area (Å²) in [5.41, 5.74) is 1.39. The average Bonchev–Trinajstić information content (AvgIpc) is 3.16. The first-order valence-electron chi connectivity index (χ1n) is 9.47. The van der Waals surface area contributed by atoms with Crippen LogP contribution in [0.25, 0.3) is 0 Å². The molecular formula is C21H22N4O3. The Balaban J connectivity index is 1.57. The van der Waals surface area contributed by atoms with Gasteiger partial charge in [-0.1, -0.05) is 30.3 Å². The van der Waals surface area contributed by atoms with Gasteiger partial charge < -0.3 is 14.3 Å². The molecular weight excluding hydrogens is 356 g/mol. The molecule has 1 aliphatic rings. The Morgan fingerprint density at radius 1 is 1.29 bits per heavy atom. The molecule has 1 aliphatic heterocycles. The number of piperidine rings is 1. The lowest BCUT2D eigenvalue weighted by Crippen LogP contribution is -2.39. The molecule has 0 radical (unpaired) electrons. The average molecular weight is 378 g/mol. The summed E-state index contributed by atoms with van der Waals surface area (Å²) in [5, 5.41) is 0. The molecule has 3 aromatic rings. The van der Waals surface area contributed by atoms with Gasteiger partial charge in [0, 0.05) is 18.7 Å². The Morgan fingerprint density at radius 3 is 2.89 bits per heavy atom. The van der Waals surface area contributed by atoms with Crippen LogP contribution in [0.15, 0.2) is 51.8 Å². The van der Waals surface area contributed by atoms with Gasteiger partial charge in [0.05, 0.1) is 6.20 Å². The van der Waals surface area contributed by atoms with Crippen molar-refractivity contribution in [1.29, 1.82) is 0 Å². The molecule has 0 spiro atoms. The zero-order valence-electron chi connectivity index (χ0n) is 15.7. The third-order valence-corrected chi connectivity index (χ3v) is 4.94. The summed E-state index contributed by atoms with van der Waals surface area (Å²) in [5.74, 6) is 1.05. The molecule has 1 atom stereocenters. The number of likely N-dealkylation sites (tertiary alicyclic amines) is 1. The van der Waals surface area contributed by atoms with E-state index in [1.54, 1.807) is 24.1 Å². The summed E-state index contributed by atoms with van der Waals surface area (Å²) in [6.07, 6.45) is 5.06. The predicted octanol–water partition coefficient (Wildman–Crippen LogP) is 3.02. The lowest BCUT2D eigenvalue weighted by molar-refractivity contribution is 0.0563. The minimum Gasteiger partial charge on any atom is -0.443 e. The van der Waals surface area contributed by atoms with Crippen LogP contribution in [-0.2, 0) is 6.42 Å². The molecule has 1 amide bonds. The van der Waals surface area contributed by atoms with Crippen molar-refractivity contribution < 1.29 is 9.21 Å². The number of amides is 1. The molecule has 144 valence electrons. The van der Waals surface area contributed by atoms with Crippen molar-refractivity contribution >= 4 is 5.91 Å². The molecule has 0 aliphatic carbocycles. The number of carbonyl (C=O) groups is 1. The van der Waals surface area contributed by atoms with Crippen molar-refractivity contribution in [3.05, 3.63) is 81.7 Å². The molecule has 1 N–H and O–H groups in total. The van der Waals surface area contributed by atoms with Gasteiger partial charge in [-0.25, -0.2) is 9.78 Å². The van der Waals surface area contributed by atoms with E-state index in [9.17, 15) is 9.59 Å². The first-order valence-corrected chi connectivity index (χ1v) is 9.47. The maximum atomic E-state index is 13.0. The summed E-state index contributed by atoms with van der Waals surface area (Å²) in [6, 6.07) is 11.4. The number of aromatic amines is 1. The third-order valence-electron chi connectivity index (χ3n) is 4.94. The molecule has 28 heavy (non-hydrogen) atoms. The lowest BCUT2D eigenvalue weighted by Gasteiger charge is -2.33. The van der Waals surface area contributed by atoms with E-state index in [0.29, 0.717) is 24.6 Å². The van der Waals surface area contributed by atoms with Crippen LogP contribution in [0.5, 0.6) is 0 Å². The number of oxazole rings is 1. The fourth-order valence-electron chi connectivity index (χ4n) is 3.62. The number of nitrogens with zero attached hydrogens (tertiary/aromatic N) is 3. The number of carbonyl (C=O) groups excluding carboxylic acids is 1. The second-order valence-corrected chi connectivity index (χ2v) is 7.09. The molecule has 0 bridgehead atoms. The summed E-state index contributed by atoms with van der Waals surface area (Å²) in [7, 11) is 0. The van der Waals surface area contributed by atoms with Gasteiger partial charge in [-0.3, -0.25) is 4.79 Å². The molecule has 1 saturated heterocycles. The van der Waals surface area contributed by atoms with Crippen LogP contribution in [0.1, 0.15) is 58.7 Å². The fourth-order valence-corrected chi connectivity index (χ4v) is 3.62. The third kappa shape index (κ3) is 3.88. The van der Waals surface area contributed by atoms with E-state index in [1.165, 1.54) is 0 Å². The van der Waals surface area contributed by atoms with Gasteiger partial charge in [-0.2, -0.15) is 4.98 Å². The zero-order chi connectivity index (χ0) is 19.5. The van der Waals surface area contributed by atoms with Crippen molar-refractivity contribution in [3.8, 4) is 0 Å². The number of benzene rings is 1. The van der Waals surface area contributed by atoms with Gasteiger partial charge in [0.1, 0.15) is 17.5 Å². The highest BCUT2D eigenvalue weighted by molar-refractivity contribution is 5.92. The number of hydrogen-bond acceptors (Lipinski definition) is 5. The maximum absolute atomic E-state index is 13.0. The highest BCUT2D eigenvalue weighted by Crippen LogP contribution is 2.32. The largest absolute Gasteiger partial charge is 0.443 e. The van der Waals surface area contributed by atoms with Crippen LogP contribution in [0.3, 0.4) is 0 Å². The summed E-state index contributed by atoms with van der Waals surface area (Å²) in [6.45, 7) is 2.32. The van der Waals surface area contributed by atoms with E-state index >= 15 is 0 Å². The molecule has 7 heteroatoms. The number of aromatic nitrogens is 3. The SMILES string of the molecule is Cc1cc(C(=O)N2CCCCC2c2ncc(Cc3ccccc3)o2)nc(=O)[nH]1. The van der Waals surface area contributed by atoms with E-state index in [4.69, 9.17) is 4.42 Å². The van der Waals surface area contributed by atoms with Crippen molar-refractivity contribution in [1.82, 2.24) is 19.9 Å². The van der Waals surface area contributed by atoms with E-state index in [0.717, 1.165) is 30.6 Å². The van der Waals surface area contributed by atoms with Crippen LogP contribution in [0, 0.1) is 6.92 Å². The van der Waals surface area contributed by atoms with Crippen LogP contribution in [0.4, 0.5) is 0 Å². The quantitative estimate of drug-likeness (QED) is 0.753. The number of H-pyrrole nitrogens is 1. The molecule has 0 saturated carbocycles. The molecule has 7 nitrogen and oxygen atoms in total. The van der Waals surface area contributed by atoms with E-state index in [-0.39, 0.29) is 17.6 Å². The van der Waals surface area contributed by atoms with Gasteiger partial charge in [0.15, 0.2) is 0 Å². The Bertz CT molecular complexity index is 1030. The second kappa shape index (κ2) is 7.80. The van der Waals surface area contributed by atoms with E-state index in [1.807, 2.05) is 30.3 Å². The first kappa shape index (κ1) is 18.2. The van der Waals surface area contributed by atoms with Crippen LogP contribution >= 0.6 is 0 Å². The molecule has 1 fully saturated rings. The Hall–Kier alpha value is -3.22. The molecule has 2 aromatic heterocycles. The van der Waals surface area contributed by atoms with Crippen molar-refractivity contribution in [2.45, 2.75) is 38.6 Å². The summed E-state index contributed by atoms with van der Waals surface area (Å²) < 4.78 is 6.00. The molecule has 1 aromatic carbocycles. The number of nitrogens with one attached hydrogen (secondary N) is 1. The number of aryl methyl sites for hydroxylation is 1. The highest BCUT2D eigenvalue weighted by atomic mass is 16.4.